The van der Waals surface area contributed by atoms with Crippen LogP contribution < -0.4 is 5.73 Å². The summed E-state index contributed by atoms with van der Waals surface area (Å²) in [5.74, 6) is -0.474. The smallest absolute Gasteiger partial charge is 0.124 e. The van der Waals surface area contributed by atoms with Gasteiger partial charge in [0.25, 0.3) is 0 Å². The highest BCUT2D eigenvalue weighted by atomic mass is 19.1. The zero-order chi connectivity index (χ0) is 15.4. The van der Waals surface area contributed by atoms with Crippen molar-refractivity contribution in [1.29, 1.82) is 5.41 Å². The van der Waals surface area contributed by atoms with E-state index in [1.54, 1.807) is 6.07 Å². The quantitative estimate of drug-likeness (QED) is 0.655. The first-order valence-electron chi connectivity index (χ1n) is 6.82. The number of benzene rings is 2. The van der Waals surface area contributed by atoms with E-state index in [2.05, 4.69) is 36.1 Å². The van der Waals surface area contributed by atoms with Gasteiger partial charge in [0, 0.05) is 18.7 Å². The molecule has 0 saturated heterocycles. The summed E-state index contributed by atoms with van der Waals surface area (Å²) in [6.07, 6.45) is 0. The van der Waals surface area contributed by atoms with Crippen LogP contribution in [-0.2, 0) is 13.1 Å². The average molecular weight is 285 g/mol. The van der Waals surface area contributed by atoms with E-state index < -0.39 is 0 Å². The fourth-order valence-electron chi connectivity index (χ4n) is 2.27. The minimum absolute atomic E-state index is 0.114. The molecule has 110 valence electrons. The largest absolute Gasteiger partial charge is 0.384 e. The van der Waals surface area contributed by atoms with Gasteiger partial charge in [-0.1, -0.05) is 29.8 Å². The number of rotatable bonds is 5. The molecule has 0 heterocycles. The molecule has 0 aromatic heterocycles. The molecular weight excluding hydrogens is 265 g/mol. The third-order valence-electron chi connectivity index (χ3n) is 3.29. The lowest BCUT2D eigenvalue weighted by Crippen LogP contribution is -2.18. The van der Waals surface area contributed by atoms with Gasteiger partial charge in [0.2, 0.25) is 0 Å². The molecular formula is C17H20FN3. The summed E-state index contributed by atoms with van der Waals surface area (Å²) in [5.41, 5.74) is 9.11. The van der Waals surface area contributed by atoms with Gasteiger partial charge in [-0.15, -0.1) is 0 Å². The Morgan fingerprint density at radius 3 is 2.33 bits per heavy atom. The van der Waals surface area contributed by atoms with Crippen molar-refractivity contribution in [3.05, 3.63) is 70.5 Å². The number of nitrogens with one attached hydrogen (secondary N) is 1. The molecule has 0 fully saturated rings. The summed E-state index contributed by atoms with van der Waals surface area (Å²) in [4.78, 5) is 2.10. The van der Waals surface area contributed by atoms with Crippen LogP contribution in [0.2, 0.25) is 0 Å². The van der Waals surface area contributed by atoms with Crippen LogP contribution in [0.1, 0.15) is 22.3 Å². The molecule has 0 radical (unpaired) electrons. The van der Waals surface area contributed by atoms with Crippen LogP contribution in [0.3, 0.4) is 0 Å². The summed E-state index contributed by atoms with van der Waals surface area (Å²) in [5, 5.41) is 7.41. The molecule has 2 rings (SSSR count). The molecule has 0 bridgehead atoms. The SMILES string of the molecule is Cc1ccc(CN(C)Cc2cc(F)cc(C(=N)N)c2)cc1. The van der Waals surface area contributed by atoms with Gasteiger partial charge >= 0.3 is 0 Å². The molecule has 21 heavy (non-hydrogen) atoms. The number of nitrogens with zero attached hydrogens (tertiary/aromatic N) is 1. The summed E-state index contributed by atoms with van der Waals surface area (Å²) in [7, 11) is 1.98. The Balaban J connectivity index is 2.07. The molecule has 0 aliphatic heterocycles. The van der Waals surface area contributed by atoms with Crippen LogP contribution in [0, 0.1) is 18.2 Å². The summed E-state index contributed by atoms with van der Waals surface area (Å²) in [6, 6.07) is 12.9. The lowest BCUT2D eigenvalue weighted by Gasteiger charge is -2.17. The number of aryl methyl sites for hydroxylation is 1. The van der Waals surface area contributed by atoms with E-state index in [0.717, 1.165) is 12.1 Å². The highest BCUT2D eigenvalue weighted by Gasteiger charge is 2.06. The zero-order valence-corrected chi connectivity index (χ0v) is 12.4. The Hall–Kier alpha value is -2.20. The van der Waals surface area contributed by atoms with E-state index in [4.69, 9.17) is 11.1 Å². The molecule has 3 N–H and O–H groups in total. The fourth-order valence-corrected chi connectivity index (χ4v) is 2.27. The normalized spacial score (nSPS) is 10.9. The Kier molecular flexibility index (Phi) is 4.70. The van der Waals surface area contributed by atoms with Crippen molar-refractivity contribution in [1.82, 2.24) is 4.90 Å². The third-order valence-corrected chi connectivity index (χ3v) is 3.29. The van der Waals surface area contributed by atoms with E-state index in [9.17, 15) is 4.39 Å². The van der Waals surface area contributed by atoms with E-state index in [1.165, 1.54) is 23.3 Å². The van der Waals surface area contributed by atoms with Crippen LogP contribution in [0.4, 0.5) is 4.39 Å². The second-order valence-electron chi connectivity index (χ2n) is 5.42. The van der Waals surface area contributed by atoms with Crippen LogP contribution in [-0.4, -0.2) is 17.8 Å². The molecule has 0 spiro atoms. The van der Waals surface area contributed by atoms with Gasteiger partial charge in [-0.05, 0) is 43.3 Å². The van der Waals surface area contributed by atoms with E-state index in [0.29, 0.717) is 12.1 Å². The zero-order valence-electron chi connectivity index (χ0n) is 12.4. The third kappa shape index (κ3) is 4.39. The molecule has 0 aliphatic rings. The lowest BCUT2D eigenvalue weighted by molar-refractivity contribution is 0.318. The van der Waals surface area contributed by atoms with E-state index in [1.807, 2.05) is 7.05 Å². The van der Waals surface area contributed by atoms with Gasteiger partial charge < -0.3 is 5.73 Å². The van der Waals surface area contributed by atoms with Crippen molar-refractivity contribution in [2.45, 2.75) is 20.0 Å². The Morgan fingerprint density at radius 2 is 1.71 bits per heavy atom. The molecule has 0 saturated carbocycles. The summed E-state index contributed by atoms with van der Waals surface area (Å²) in [6.45, 7) is 3.45. The summed E-state index contributed by atoms with van der Waals surface area (Å²) >= 11 is 0. The first-order chi connectivity index (χ1) is 9.94. The summed E-state index contributed by atoms with van der Waals surface area (Å²) < 4.78 is 13.5. The van der Waals surface area contributed by atoms with Crippen LogP contribution in [0.15, 0.2) is 42.5 Å². The molecule has 0 atom stereocenters. The topological polar surface area (TPSA) is 53.1 Å². The van der Waals surface area contributed by atoms with Gasteiger partial charge in [-0.3, -0.25) is 10.3 Å². The van der Waals surface area contributed by atoms with Gasteiger partial charge in [0.05, 0.1) is 0 Å². The van der Waals surface area contributed by atoms with Crippen molar-refractivity contribution < 1.29 is 4.39 Å². The molecule has 4 heteroatoms. The first-order valence-corrected chi connectivity index (χ1v) is 6.82. The van der Waals surface area contributed by atoms with E-state index in [-0.39, 0.29) is 11.7 Å². The standard InChI is InChI=1S/C17H20FN3/c1-12-3-5-13(6-4-12)10-21(2)11-14-7-15(17(19)20)9-16(18)8-14/h3-9H,10-11H2,1-2H3,(H3,19,20). The monoisotopic (exact) mass is 285 g/mol. The number of nitrogen functional groups attached to an aromatic ring is 1. The molecule has 0 unspecified atom stereocenters. The maximum absolute atomic E-state index is 13.5. The molecule has 2 aromatic rings. The van der Waals surface area contributed by atoms with Crippen molar-refractivity contribution in [2.75, 3.05) is 7.05 Å². The highest BCUT2D eigenvalue weighted by Crippen LogP contribution is 2.13. The second-order valence-corrected chi connectivity index (χ2v) is 5.42. The number of nitrogens with two attached hydrogens (primary N) is 1. The molecule has 2 aromatic carbocycles. The lowest BCUT2D eigenvalue weighted by atomic mass is 10.1. The molecule has 0 aliphatic carbocycles. The Bertz CT molecular complexity index is 635. The van der Waals surface area contributed by atoms with Gasteiger partial charge in [0.15, 0.2) is 0 Å². The van der Waals surface area contributed by atoms with Crippen molar-refractivity contribution >= 4 is 5.84 Å². The maximum Gasteiger partial charge on any atom is 0.124 e. The Morgan fingerprint density at radius 1 is 1.10 bits per heavy atom. The maximum atomic E-state index is 13.5. The van der Waals surface area contributed by atoms with Gasteiger partial charge in [-0.2, -0.15) is 0 Å². The average Bonchev–Trinajstić information content (AvgIpc) is 2.40. The van der Waals surface area contributed by atoms with E-state index >= 15 is 0 Å². The first kappa shape index (κ1) is 15.2. The predicted molar refractivity (Wildman–Crippen MR) is 83.8 cm³/mol. The fraction of sp³-hybridized carbons (Fsp3) is 0.235. The number of hydrogen-bond acceptors (Lipinski definition) is 2. The van der Waals surface area contributed by atoms with Crippen LogP contribution in [0.5, 0.6) is 0 Å². The number of amidine groups is 1. The molecule has 3 nitrogen and oxygen atoms in total. The second kappa shape index (κ2) is 6.50. The van der Waals surface area contributed by atoms with Crippen molar-refractivity contribution in [3.63, 3.8) is 0 Å². The predicted octanol–water partition coefficient (Wildman–Crippen LogP) is 3.05. The molecule has 0 amide bonds. The van der Waals surface area contributed by atoms with Crippen LogP contribution in [0.25, 0.3) is 0 Å². The minimum atomic E-state index is -0.360. The van der Waals surface area contributed by atoms with Crippen LogP contribution >= 0.6 is 0 Å². The Labute approximate surface area is 124 Å². The van der Waals surface area contributed by atoms with Gasteiger partial charge in [0.1, 0.15) is 11.7 Å². The highest BCUT2D eigenvalue weighted by molar-refractivity contribution is 5.95. The van der Waals surface area contributed by atoms with Crippen molar-refractivity contribution in [3.8, 4) is 0 Å². The van der Waals surface area contributed by atoms with Gasteiger partial charge in [-0.25, -0.2) is 4.39 Å². The number of halogens is 1. The minimum Gasteiger partial charge on any atom is -0.384 e. The van der Waals surface area contributed by atoms with Crippen molar-refractivity contribution in [2.24, 2.45) is 5.73 Å². The number of hydrogen-bond donors (Lipinski definition) is 2.